The first-order valence-electron chi connectivity index (χ1n) is 31.7. The van der Waals surface area contributed by atoms with E-state index in [1.165, 1.54) is 113 Å². The second kappa shape index (κ2) is 34.5. The van der Waals surface area contributed by atoms with Crippen LogP contribution in [0.3, 0.4) is 0 Å². The Morgan fingerprint density at radius 3 is 1.23 bits per heavy atom. The molecule has 6 unspecified atom stereocenters. The van der Waals surface area contributed by atoms with Crippen molar-refractivity contribution in [1.29, 1.82) is 0 Å². The predicted octanol–water partition coefficient (Wildman–Crippen LogP) is 8.78. The quantitative estimate of drug-likeness (QED) is 0.0546. The number of methoxy groups -OCH3 is 9. The van der Waals surface area contributed by atoms with Crippen molar-refractivity contribution >= 4 is 23.9 Å². The van der Waals surface area contributed by atoms with Crippen LogP contribution in [-0.4, -0.2) is 243 Å². The summed E-state index contributed by atoms with van der Waals surface area (Å²) < 4.78 is 156. The van der Waals surface area contributed by atoms with E-state index in [0.717, 1.165) is 0 Å². The van der Waals surface area contributed by atoms with Crippen molar-refractivity contribution in [3.05, 3.63) is 70.8 Å². The summed E-state index contributed by atoms with van der Waals surface area (Å²) in [5, 5.41) is 0. The minimum atomic E-state index is -3.15. The van der Waals surface area contributed by atoms with E-state index in [1.807, 2.05) is 0 Å². The summed E-state index contributed by atoms with van der Waals surface area (Å²) in [6.45, 7) is -0.250. The first kappa shape index (κ1) is 72.7. The van der Waals surface area contributed by atoms with Gasteiger partial charge in [0.25, 0.3) is 11.8 Å². The van der Waals surface area contributed by atoms with Crippen LogP contribution in [0.15, 0.2) is 48.5 Å². The van der Waals surface area contributed by atoms with Crippen molar-refractivity contribution in [1.82, 2.24) is 19.6 Å². The lowest BCUT2D eigenvalue weighted by molar-refractivity contribution is -0.0422. The number of carbonyl (C=O) groups excluding carboxylic acids is 4. The molecule has 4 heterocycles. The van der Waals surface area contributed by atoms with Gasteiger partial charge in [0, 0.05) is 58.8 Å². The standard InChI is InChI=1S/C67H88F4N4O20/c1-80-50-32-44(33-51(81-2)58(50)86-7)63(77)93-47-14-11-28-90-57-38-46(34-53(83-4)60(57)88-9)65(79)95-49(17-22-75-26-25-74(21-16-47)41-67(70,71)42-75)18-30-91-61-54(84-5)35-45(36-55(61)85-6)64(78)94-48-13-10-27-89-56-37-43(31-52(82-3)59(56)87-8)62(76)92-29-12-19-72-23-24-73(20-15-48)40-66(68,69)39-72/h31-38,47-49H,10-30,39-42H2,1-9H3/t47?,48-,49?/m0/s1. The van der Waals surface area contributed by atoms with Gasteiger partial charge in [-0.15, -0.1) is 0 Å². The van der Waals surface area contributed by atoms with E-state index in [2.05, 4.69) is 0 Å². The van der Waals surface area contributed by atoms with Gasteiger partial charge in [0.15, 0.2) is 46.0 Å². The summed E-state index contributed by atoms with van der Waals surface area (Å²) >= 11 is 0. The van der Waals surface area contributed by atoms with Gasteiger partial charge in [0.2, 0.25) is 23.0 Å². The van der Waals surface area contributed by atoms with Crippen molar-refractivity contribution in [2.45, 2.75) is 87.9 Å². The maximum absolute atomic E-state index is 16.0. The van der Waals surface area contributed by atoms with Crippen LogP contribution in [-0.2, 0) is 18.9 Å². The normalized spacial score (nSPS) is 23.1. The molecule has 8 bridgehead atoms. The maximum atomic E-state index is 16.0. The molecule has 2 fully saturated rings. The number of benzene rings is 4. The number of cyclic esters (lactones) is 2. The molecule has 2 saturated heterocycles. The largest absolute Gasteiger partial charge is 0.493 e. The van der Waals surface area contributed by atoms with Crippen LogP contribution in [0.5, 0.6) is 69.0 Å². The molecule has 8 rings (SSSR count). The van der Waals surface area contributed by atoms with Crippen molar-refractivity contribution in [3.63, 3.8) is 0 Å². The number of esters is 4. The topological polar surface area (TPSA) is 229 Å². The van der Waals surface area contributed by atoms with Gasteiger partial charge in [-0.2, -0.15) is 0 Å². The van der Waals surface area contributed by atoms with E-state index in [0.29, 0.717) is 32.4 Å². The van der Waals surface area contributed by atoms with E-state index < -0.39 is 80.2 Å². The summed E-state index contributed by atoms with van der Waals surface area (Å²) in [4.78, 5) is 62.3. The summed E-state index contributed by atoms with van der Waals surface area (Å²) in [5.74, 6) is -6.87. The molecule has 4 aliphatic heterocycles. The second-order valence-electron chi connectivity index (χ2n) is 23.4. The lowest BCUT2D eigenvalue weighted by Crippen LogP contribution is -2.41. The Balaban J connectivity index is 0.985. The van der Waals surface area contributed by atoms with E-state index >= 15 is 17.6 Å². The highest BCUT2D eigenvalue weighted by atomic mass is 19.3. The molecule has 0 spiro atoms. The van der Waals surface area contributed by atoms with Crippen molar-refractivity contribution < 1.29 is 113 Å². The SMILES string of the molecule is COc1cc(C(=O)OC2CCCOc3cc(cc(OC)c3OC)C(=O)OC(CCOc3c(OC)cc(C(=O)O[C@H]4CCCOc5cc(cc(OC)c5OC)C(=O)OCCCN5CCN(CC4)CC(F)(F)C5)cc3OC)CCN3CCN(CC2)CC(F)(F)C3)cc(OC)c1OC. The van der Waals surface area contributed by atoms with Crippen LogP contribution in [0.1, 0.15) is 99.2 Å². The molecule has 0 radical (unpaired) electrons. The molecule has 4 aromatic carbocycles. The van der Waals surface area contributed by atoms with Crippen molar-refractivity contribution in [2.24, 2.45) is 0 Å². The van der Waals surface area contributed by atoms with Crippen molar-refractivity contribution in [3.8, 4) is 69.0 Å². The molecule has 28 heteroatoms. The summed E-state index contributed by atoms with van der Waals surface area (Å²) in [7, 11) is 12.7. The Kier molecular flexibility index (Phi) is 26.5. The fourth-order valence-corrected chi connectivity index (χ4v) is 11.9. The van der Waals surface area contributed by atoms with Crippen LogP contribution >= 0.6 is 0 Å². The summed E-state index contributed by atoms with van der Waals surface area (Å²) in [6.07, 6.45) is -0.465. The lowest BCUT2D eigenvalue weighted by atomic mass is 10.1. The average Bonchev–Trinajstić information content (AvgIpc) is 1.57. The predicted molar refractivity (Wildman–Crippen MR) is 336 cm³/mol. The third-order valence-electron chi connectivity index (χ3n) is 16.8. The molecular formula is C67H88F4N4O20. The third-order valence-corrected chi connectivity index (χ3v) is 16.8. The molecular weight excluding hydrogens is 1260 g/mol. The van der Waals surface area contributed by atoms with Crippen LogP contribution in [0.4, 0.5) is 17.6 Å². The molecule has 0 N–H and O–H groups in total. The number of hydrogen-bond donors (Lipinski definition) is 0. The summed E-state index contributed by atoms with van der Waals surface area (Å²) in [5.41, 5.74) is 0.320. The fourth-order valence-electron chi connectivity index (χ4n) is 11.9. The number of carbonyl (C=O) groups is 4. The van der Waals surface area contributed by atoms with Crippen LogP contribution in [0.25, 0.3) is 0 Å². The highest BCUT2D eigenvalue weighted by molar-refractivity contribution is 5.93. The van der Waals surface area contributed by atoms with Crippen molar-refractivity contribution in [2.75, 3.05) is 169 Å². The van der Waals surface area contributed by atoms with E-state index in [-0.39, 0.29) is 195 Å². The van der Waals surface area contributed by atoms with Crippen LogP contribution < -0.4 is 56.8 Å². The first-order chi connectivity index (χ1) is 45.7. The van der Waals surface area contributed by atoms with Gasteiger partial charge >= 0.3 is 23.9 Å². The molecule has 4 aromatic rings. The molecule has 7 atom stereocenters. The molecule has 4 aliphatic rings. The molecule has 0 amide bonds. The van der Waals surface area contributed by atoms with E-state index in [1.54, 1.807) is 19.6 Å². The molecule has 24 nitrogen and oxygen atoms in total. The Morgan fingerprint density at radius 1 is 0.432 bits per heavy atom. The fraction of sp³-hybridized carbons (Fsp3) is 0.582. The highest BCUT2D eigenvalue weighted by Crippen LogP contribution is 2.43. The van der Waals surface area contributed by atoms with Gasteiger partial charge in [-0.25, -0.2) is 36.7 Å². The minimum absolute atomic E-state index is 0.00197. The Labute approximate surface area is 550 Å². The zero-order valence-corrected chi connectivity index (χ0v) is 55.5. The number of fused-ring (bicyclic) bond motifs is 10. The van der Waals surface area contributed by atoms with Crippen LogP contribution in [0, 0.1) is 0 Å². The molecule has 524 valence electrons. The van der Waals surface area contributed by atoms with Gasteiger partial charge in [-0.1, -0.05) is 0 Å². The Bertz CT molecular complexity index is 3180. The zero-order chi connectivity index (χ0) is 68.2. The number of rotatable bonds is 17. The van der Waals surface area contributed by atoms with Gasteiger partial charge in [0.1, 0.15) is 18.3 Å². The van der Waals surface area contributed by atoms with E-state index in [9.17, 15) is 19.2 Å². The molecule has 0 aliphatic carbocycles. The van der Waals surface area contributed by atoms with Gasteiger partial charge in [0.05, 0.1) is 139 Å². The lowest BCUT2D eigenvalue weighted by Gasteiger charge is -2.27. The number of hydrogen-bond acceptors (Lipinski definition) is 24. The smallest absolute Gasteiger partial charge is 0.338 e. The van der Waals surface area contributed by atoms with Gasteiger partial charge in [-0.3, -0.25) is 19.6 Å². The summed E-state index contributed by atoms with van der Waals surface area (Å²) in [6, 6.07) is 11.6. The number of alkyl halides is 4. The number of ether oxygens (including phenoxy) is 16. The van der Waals surface area contributed by atoms with Gasteiger partial charge in [-0.05, 0) is 99.9 Å². The highest BCUT2D eigenvalue weighted by Gasteiger charge is 2.39. The average molecular weight is 1350 g/mol. The molecule has 0 saturated carbocycles. The zero-order valence-electron chi connectivity index (χ0n) is 55.5. The maximum Gasteiger partial charge on any atom is 0.338 e. The first-order valence-corrected chi connectivity index (χ1v) is 31.7. The van der Waals surface area contributed by atoms with E-state index in [4.69, 9.17) is 75.8 Å². The monoisotopic (exact) mass is 1340 g/mol. The Hall–Kier alpha value is -8.08. The third kappa shape index (κ3) is 20.0. The Morgan fingerprint density at radius 2 is 0.811 bits per heavy atom. The van der Waals surface area contributed by atoms with Gasteiger partial charge < -0.3 is 75.8 Å². The second-order valence-corrected chi connectivity index (χ2v) is 23.4. The minimum Gasteiger partial charge on any atom is -0.493 e. The number of halogens is 4. The molecule has 95 heavy (non-hydrogen) atoms. The number of nitrogens with zero attached hydrogens (tertiary/aromatic N) is 4. The van der Waals surface area contributed by atoms with Crippen LogP contribution in [0.2, 0.25) is 0 Å². The molecule has 0 aromatic heterocycles.